The Bertz CT molecular complexity index is 678. The molecule has 3 rings (SSSR count). The van der Waals surface area contributed by atoms with Gasteiger partial charge in [0.2, 0.25) is 0 Å². The Morgan fingerprint density at radius 3 is 2.90 bits per heavy atom. The third-order valence-corrected chi connectivity index (χ3v) is 4.52. The molecule has 1 aromatic carbocycles. The Morgan fingerprint density at radius 2 is 2.05 bits per heavy atom. The molecule has 0 bridgehead atoms. The van der Waals surface area contributed by atoms with Crippen LogP contribution in [0.5, 0.6) is 0 Å². The number of hydrogen-bond donors (Lipinski definition) is 1. The van der Waals surface area contributed by atoms with Gasteiger partial charge in [-0.1, -0.05) is 24.3 Å². The summed E-state index contributed by atoms with van der Waals surface area (Å²) in [6.45, 7) is 0. The Morgan fingerprint density at radius 1 is 1.15 bits per heavy atom. The minimum atomic E-state index is -0.298. The molecular formula is C17H17NOS. The monoisotopic (exact) mass is 283 g/mol. The van der Waals surface area contributed by atoms with E-state index in [4.69, 9.17) is 0 Å². The highest BCUT2D eigenvalue weighted by atomic mass is 32.1. The average Bonchev–Trinajstić information content (AvgIpc) is 2.90. The second-order valence-corrected chi connectivity index (χ2v) is 5.93. The zero-order valence-electron chi connectivity index (χ0n) is 11.2. The van der Waals surface area contributed by atoms with E-state index in [9.17, 15) is 5.11 Å². The van der Waals surface area contributed by atoms with Crippen LogP contribution in [-0.2, 0) is 12.8 Å². The standard InChI is InChI=1S/C17H17NOS/c19-15(8-7-13-4-3-9-18-11-13)10-14-12-20-17-6-2-1-5-16(14)17/h1-6,9,11-12,15,19H,7-8,10H2. The van der Waals surface area contributed by atoms with E-state index in [-0.39, 0.29) is 6.10 Å². The van der Waals surface area contributed by atoms with Crippen LogP contribution in [0.2, 0.25) is 0 Å². The quantitative estimate of drug-likeness (QED) is 0.772. The van der Waals surface area contributed by atoms with Crippen LogP contribution in [0.25, 0.3) is 10.1 Å². The molecule has 0 radical (unpaired) electrons. The summed E-state index contributed by atoms with van der Waals surface area (Å²) in [7, 11) is 0. The number of aliphatic hydroxyl groups is 1. The molecule has 0 amide bonds. The lowest BCUT2D eigenvalue weighted by atomic mass is 10.0. The normalized spacial score (nSPS) is 12.7. The summed E-state index contributed by atoms with van der Waals surface area (Å²) in [5, 5.41) is 13.7. The maximum absolute atomic E-state index is 10.2. The van der Waals surface area contributed by atoms with Gasteiger partial charge in [-0.15, -0.1) is 11.3 Å². The molecule has 1 atom stereocenters. The van der Waals surface area contributed by atoms with E-state index in [2.05, 4.69) is 40.7 Å². The van der Waals surface area contributed by atoms with Crippen LogP contribution in [0.15, 0.2) is 54.2 Å². The summed E-state index contributed by atoms with van der Waals surface area (Å²) < 4.78 is 1.29. The molecule has 0 saturated carbocycles. The number of aryl methyl sites for hydroxylation is 1. The number of aliphatic hydroxyl groups excluding tert-OH is 1. The largest absolute Gasteiger partial charge is 0.393 e. The SMILES string of the molecule is OC(CCc1cccnc1)Cc1csc2ccccc12. The van der Waals surface area contributed by atoms with Crippen LogP contribution in [0, 0.1) is 0 Å². The fraction of sp³-hybridized carbons (Fsp3) is 0.235. The number of nitrogens with zero attached hydrogens (tertiary/aromatic N) is 1. The number of aromatic nitrogens is 1. The van der Waals surface area contributed by atoms with Gasteiger partial charge in [0.05, 0.1) is 6.10 Å². The molecule has 1 unspecified atom stereocenters. The zero-order valence-corrected chi connectivity index (χ0v) is 12.0. The van der Waals surface area contributed by atoms with Crippen molar-refractivity contribution in [1.29, 1.82) is 0 Å². The van der Waals surface area contributed by atoms with Gasteiger partial charge in [-0.2, -0.15) is 0 Å². The highest BCUT2D eigenvalue weighted by Gasteiger charge is 2.10. The zero-order chi connectivity index (χ0) is 13.8. The first kappa shape index (κ1) is 13.3. The van der Waals surface area contributed by atoms with Crippen molar-refractivity contribution in [3.05, 3.63) is 65.3 Å². The maximum Gasteiger partial charge on any atom is 0.0584 e. The van der Waals surface area contributed by atoms with Crippen molar-refractivity contribution in [2.45, 2.75) is 25.4 Å². The average molecular weight is 283 g/mol. The molecule has 0 spiro atoms. The van der Waals surface area contributed by atoms with Crippen molar-refractivity contribution < 1.29 is 5.11 Å². The third kappa shape index (κ3) is 3.06. The Labute approximate surface area is 122 Å². The number of thiophene rings is 1. The first-order chi connectivity index (χ1) is 9.83. The summed E-state index contributed by atoms with van der Waals surface area (Å²) >= 11 is 1.75. The molecule has 0 aliphatic heterocycles. The van der Waals surface area contributed by atoms with Crippen LogP contribution in [-0.4, -0.2) is 16.2 Å². The second kappa shape index (κ2) is 6.16. The smallest absolute Gasteiger partial charge is 0.0584 e. The molecule has 2 nitrogen and oxygen atoms in total. The Hall–Kier alpha value is -1.71. The number of fused-ring (bicyclic) bond motifs is 1. The molecule has 0 fully saturated rings. The van der Waals surface area contributed by atoms with E-state index in [1.54, 1.807) is 17.5 Å². The molecule has 1 N–H and O–H groups in total. The van der Waals surface area contributed by atoms with Gasteiger partial charge in [-0.3, -0.25) is 4.98 Å². The van der Waals surface area contributed by atoms with E-state index in [1.165, 1.54) is 21.2 Å². The van der Waals surface area contributed by atoms with Crippen molar-refractivity contribution in [3.63, 3.8) is 0 Å². The summed E-state index contributed by atoms with van der Waals surface area (Å²) in [5.41, 5.74) is 2.44. The molecule has 2 aromatic heterocycles. The van der Waals surface area contributed by atoms with Gasteiger partial charge in [0.15, 0.2) is 0 Å². The van der Waals surface area contributed by atoms with Crippen LogP contribution < -0.4 is 0 Å². The number of rotatable bonds is 5. The number of pyridine rings is 1. The van der Waals surface area contributed by atoms with Crippen molar-refractivity contribution >= 4 is 21.4 Å². The number of benzene rings is 1. The van der Waals surface area contributed by atoms with Crippen molar-refractivity contribution in [1.82, 2.24) is 4.98 Å². The lowest BCUT2D eigenvalue weighted by molar-refractivity contribution is 0.165. The van der Waals surface area contributed by atoms with E-state index >= 15 is 0 Å². The van der Waals surface area contributed by atoms with Gasteiger partial charge in [-0.25, -0.2) is 0 Å². The molecule has 3 heteroatoms. The van der Waals surface area contributed by atoms with E-state index in [1.807, 2.05) is 12.3 Å². The van der Waals surface area contributed by atoms with Gasteiger partial charge in [-0.05, 0) is 53.3 Å². The Kier molecular flexibility index (Phi) is 4.09. The van der Waals surface area contributed by atoms with Gasteiger partial charge >= 0.3 is 0 Å². The fourth-order valence-electron chi connectivity index (χ4n) is 2.43. The first-order valence-corrected chi connectivity index (χ1v) is 7.73. The fourth-order valence-corrected chi connectivity index (χ4v) is 3.40. The van der Waals surface area contributed by atoms with Gasteiger partial charge in [0.1, 0.15) is 0 Å². The molecule has 102 valence electrons. The molecular weight excluding hydrogens is 266 g/mol. The Balaban J connectivity index is 1.63. The highest BCUT2D eigenvalue weighted by molar-refractivity contribution is 7.17. The number of hydrogen-bond acceptors (Lipinski definition) is 3. The summed E-state index contributed by atoms with van der Waals surface area (Å²) in [6, 6.07) is 12.4. The third-order valence-electron chi connectivity index (χ3n) is 3.51. The lowest BCUT2D eigenvalue weighted by Crippen LogP contribution is -2.11. The summed E-state index contributed by atoms with van der Waals surface area (Å²) in [6.07, 6.45) is 5.72. The molecule has 0 aliphatic rings. The molecule has 0 saturated heterocycles. The predicted octanol–water partition coefficient (Wildman–Crippen LogP) is 3.83. The van der Waals surface area contributed by atoms with Crippen molar-refractivity contribution in [2.24, 2.45) is 0 Å². The molecule has 0 aliphatic carbocycles. The predicted molar refractivity (Wildman–Crippen MR) is 84.1 cm³/mol. The van der Waals surface area contributed by atoms with E-state index in [0.717, 1.165) is 19.3 Å². The summed E-state index contributed by atoms with van der Waals surface area (Å²) in [5.74, 6) is 0. The minimum Gasteiger partial charge on any atom is -0.393 e. The van der Waals surface area contributed by atoms with Gasteiger partial charge in [0.25, 0.3) is 0 Å². The molecule has 20 heavy (non-hydrogen) atoms. The van der Waals surface area contributed by atoms with Gasteiger partial charge in [0, 0.05) is 17.1 Å². The van der Waals surface area contributed by atoms with E-state index in [0.29, 0.717) is 0 Å². The van der Waals surface area contributed by atoms with Crippen LogP contribution in [0.1, 0.15) is 17.5 Å². The highest BCUT2D eigenvalue weighted by Crippen LogP contribution is 2.27. The topological polar surface area (TPSA) is 33.1 Å². The molecule has 2 heterocycles. The minimum absolute atomic E-state index is 0.298. The van der Waals surface area contributed by atoms with E-state index < -0.39 is 0 Å². The summed E-state index contributed by atoms with van der Waals surface area (Å²) in [4.78, 5) is 4.10. The first-order valence-electron chi connectivity index (χ1n) is 6.85. The molecule has 3 aromatic rings. The maximum atomic E-state index is 10.2. The van der Waals surface area contributed by atoms with Crippen LogP contribution in [0.4, 0.5) is 0 Å². The van der Waals surface area contributed by atoms with Crippen LogP contribution in [0.3, 0.4) is 0 Å². The van der Waals surface area contributed by atoms with Crippen LogP contribution >= 0.6 is 11.3 Å². The lowest BCUT2D eigenvalue weighted by Gasteiger charge is -2.10. The van der Waals surface area contributed by atoms with Crippen molar-refractivity contribution in [2.75, 3.05) is 0 Å². The second-order valence-electron chi connectivity index (χ2n) is 5.01. The van der Waals surface area contributed by atoms with Gasteiger partial charge < -0.3 is 5.11 Å². The van der Waals surface area contributed by atoms with Crippen molar-refractivity contribution in [3.8, 4) is 0 Å².